The maximum atomic E-state index is 5.12. The van der Waals surface area contributed by atoms with E-state index in [1.54, 1.807) is 13.3 Å². The molecule has 4 heteroatoms. The second-order valence-electron chi connectivity index (χ2n) is 2.97. The summed E-state index contributed by atoms with van der Waals surface area (Å²) in [7, 11) is 1.64. The smallest absolute Gasteiger partial charge is 0.153 e. The van der Waals surface area contributed by atoms with Crippen LogP contribution >= 0.6 is 0 Å². The molecule has 0 spiro atoms. The van der Waals surface area contributed by atoms with Gasteiger partial charge in [0.15, 0.2) is 5.82 Å². The first kappa shape index (κ1) is 9.45. The normalized spacial score (nSPS) is 9.67. The molecule has 4 nitrogen and oxygen atoms in total. The molecule has 2 rings (SSSR count). The van der Waals surface area contributed by atoms with Gasteiger partial charge in [0, 0.05) is 18.0 Å². The van der Waals surface area contributed by atoms with Gasteiger partial charge in [-0.05, 0) is 24.3 Å². The van der Waals surface area contributed by atoms with Crippen LogP contribution in [-0.2, 0) is 0 Å². The maximum absolute atomic E-state index is 5.12. The predicted molar refractivity (Wildman–Crippen MR) is 58.3 cm³/mol. The molecule has 0 radical (unpaired) electrons. The molecule has 0 bridgehead atoms. The van der Waals surface area contributed by atoms with E-state index in [-0.39, 0.29) is 0 Å². The van der Waals surface area contributed by atoms with Crippen molar-refractivity contribution in [3.05, 3.63) is 42.6 Å². The van der Waals surface area contributed by atoms with E-state index < -0.39 is 0 Å². The molecule has 0 fully saturated rings. The fraction of sp³-hybridized carbons (Fsp3) is 0.0909. The Bertz CT molecular complexity index is 431. The molecule has 0 aliphatic rings. The van der Waals surface area contributed by atoms with Gasteiger partial charge in [-0.25, -0.2) is 0 Å². The Morgan fingerprint density at radius 1 is 1.20 bits per heavy atom. The minimum atomic E-state index is 0.714. The van der Waals surface area contributed by atoms with Crippen molar-refractivity contribution in [2.45, 2.75) is 0 Å². The first-order chi connectivity index (χ1) is 7.38. The van der Waals surface area contributed by atoms with Crippen LogP contribution in [0.25, 0.3) is 0 Å². The second kappa shape index (κ2) is 4.41. The largest absolute Gasteiger partial charge is 0.497 e. The molecule has 1 heterocycles. The van der Waals surface area contributed by atoms with Crippen LogP contribution < -0.4 is 10.1 Å². The molecule has 0 aliphatic heterocycles. The van der Waals surface area contributed by atoms with E-state index in [1.165, 1.54) is 0 Å². The van der Waals surface area contributed by atoms with E-state index in [0.717, 1.165) is 11.4 Å². The standard InChI is InChI=1S/C11H11N3O/c1-15-10-5-2-4-9(8-10)13-11-6-3-7-12-14-11/h2-8H,1H3,(H,13,14). The number of anilines is 2. The van der Waals surface area contributed by atoms with Crippen molar-refractivity contribution in [1.82, 2.24) is 10.2 Å². The van der Waals surface area contributed by atoms with Gasteiger partial charge in [0.25, 0.3) is 0 Å². The topological polar surface area (TPSA) is 47.0 Å². The maximum Gasteiger partial charge on any atom is 0.153 e. The third-order valence-corrected chi connectivity index (χ3v) is 1.91. The number of methoxy groups -OCH3 is 1. The minimum absolute atomic E-state index is 0.714. The molecule has 0 unspecified atom stereocenters. The van der Waals surface area contributed by atoms with Gasteiger partial charge in [-0.3, -0.25) is 0 Å². The highest BCUT2D eigenvalue weighted by atomic mass is 16.5. The van der Waals surface area contributed by atoms with Crippen LogP contribution in [0, 0.1) is 0 Å². The van der Waals surface area contributed by atoms with Crippen molar-refractivity contribution >= 4 is 11.5 Å². The summed E-state index contributed by atoms with van der Waals surface area (Å²) in [5.41, 5.74) is 0.926. The highest BCUT2D eigenvalue weighted by molar-refractivity contribution is 5.57. The summed E-state index contributed by atoms with van der Waals surface area (Å²) in [5, 5.41) is 10.8. The number of rotatable bonds is 3. The highest BCUT2D eigenvalue weighted by Gasteiger charge is 1.96. The lowest BCUT2D eigenvalue weighted by molar-refractivity contribution is 0.415. The summed E-state index contributed by atoms with van der Waals surface area (Å²) < 4.78 is 5.12. The average molecular weight is 201 g/mol. The van der Waals surface area contributed by atoms with Gasteiger partial charge in [0.1, 0.15) is 5.75 Å². The zero-order valence-corrected chi connectivity index (χ0v) is 8.34. The van der Waals surface area contributed by atoms with Crippen molar-refractivity contribution in [2.75, 3.05) is 12.4 Å². The Morgan fingerprint density at radius 2 is 2.13 bits per heavy atom. The van der Waals surface area contributed by atoms with E-state index in [0.29, 0.717) is 5.82 Å². The number of nitrogens with one attached hydrogen (secondary N) is 1. The van der Waals surface area contributed by atoms with Crippen LogP contribution in [0.15, 0.2) is 42.6 Å². The third-order valence-electron chi connectivity index (χ3n) is 1.91. The van der Waals surface area contributed by atoms with Crippen LogP contribution in [0.2, 0.25) is 0 Å². The summed E-state index contributed by atoms with van der Waals surface area (Å²) in [6.07, 6.45) is 1.64. The third kappa shape index (κ3) is 2.43. The molecular formula is C11H11N3O. The Balaban J connectivity index is 2.17. The molecule has 1 aromatic carbocycles. The second-order valence-corrected chi connectivity index (χ2v) is 2.97. The van der Waals surface area contributed by atoms with Crippen molar-refractivity contribution in [1.29, 1.82) is 0 Å². The Hall–Kier alpha value is -2.10. The van der Waals surface area contributed by atoms with Crippen molar-refractivity contribution in [3.63, 3.8) is 0 Å². The van der Waals surface area contributed by atoms with Gasteiger partial charge in [0.05, 0.1) is 7.11 Å². The molecule has 0 atom stereocenters. The van der Waals surface area contributed by atoms with Crippen molar-refractivity contribution in [2.24, 2.45) is 0 Å². The molecular weight excluding hydrogens is 190 g/mol. The zero-order valence-electron chi connectivity index (χ0n) is 8.34. The minimum Gasteiger partial charge on any atom is -0.497 e. The summed E-state index contributed by atoms with van der Waals surface area (Å²) >= 11 is 0. The van der Waals surface area contributed by atoms with Crippen LogP contribution in [0.5, 0.6) is 5.75 Å². The lowest BCUT2D eigenvalue weighted by Crippen LogP contribution is -1.94. The van der Waals surface area contributed by atoms with E-state index in [1.807, 2.05) is 36.4 Å². The first-order valence-corrected chi connectivity index (χ1v) is 4.57. The Morgan fingerprint density at radius 3 is 2.87 bits per heavy atom. The van der Waals surface area contributed by atoms with Gasteiger partial charge in [-0.2, -0.15) is 5.10 Å². The van der Waals surface area contributed by atoms with E-state index in [4.69, 9.17) is 4.74 Å². The lowest BCUT2D eigenvalue weighted by Gasteiger charge is -2.05. The number of hydrogen-bond donors (Lipinski definition) is 1. The molecule has 0 saturated carbocycles. The predicted octanol–water partition coefficient (Wildman–Crippen LogP) is 2.23. The highest BCUT2D eigenvalue weighted by Crippen LogP contribution is 2.19. The van der Waals surface area contributed by atoms with Crippen LogP contribution in [-0.4, -0.2) is 17.3 Å². The lowest BCUT2D eigenvalue weighted by atomic mass is 10.3. The average Bonchev–Trinajstić information content (AvgIpc) is 2.31. The monoisotopic (exact) mass is 201 g/mol. The van der Waals surface area contributed by atoms with Crippen LogP contribution in [0.4, 0.5) is 11.5 Å². The number of hydrogen-bond acceptors (Lipinski definition) is 4. The van der Waals surface area contributed by atoms with Gasteiger partial charge in [-0.15, -0.1) is 5.10 Å². The van der Waals surface area contributed by atoms with Crippen molar-refractivity contribution < 1.29 is 4.74 Å². The van der Waals surface area contributed by atoms with E-state index >= 15 is 0 Å². The molecule has 0 saturated heterocycles. The summed E-state index contributed by atoms with van der Waals surface area (Å²) in [6, 6.07) is 11.3. The van der Waals surface area contributed by atoms with Gasteiger partial charge >= 0.3 is 0 Å². The summed E-state index contributed by atoms with van der Waals surface area (Å²) in [4.78, 5) is 0. The van der Waals surface area contributed by atoms with Gasteiger partial charge in [-0.1, -0.05) is 6.07 Å². The number of aromatic nitrogens is 2. The molecule has 0 amide bonds. The Labute approximate surface area is 87.9 Å². The van der Waals surface area contributed by atoms with Gasteiger partial charge in [0.2, 0.25) is 0 Å². The molecule has 76 valence electrons. The Kier molecular flexibility index (Phi) is 2.78. The summed E-state index contributed by atoms with van der Waals surface area (Å²) in [6.45, 7) is 0. The van der Waals surface area contributed by atoms with Crippen molar-refractivity contribution in [3.8, 4) is 5.75 Å². The SMILES string of the molecule is COc1cccc(Nc2cccnn2)c1. The quantitative estimate of drug-likeness (QED) is 0.827. The molecule has 2 aromatic rings. The number of benzene rings is 1. The summed E-state index contributed by atoms with van der Waals surface area (Å²) in [5.74, 6) is 1.52. The zero-order chi connectivity index (χ0) is 10.5. The fourth-order valence-corrected chi connectivity index (χ4v) is 1.22. The fourth-order valence-electron chi connectivity index (χ4n) is 1.22. The first-order valence-electron chi connectivity index (χ1n) is 4.57. The van der Waals surface area contributed by atoms with E-state index in [2.05, 4.69) is 15.5 Å². The molecule has 0 aliphatic carbocycles. The molecule has 1 N–H and O–H groups in total. The van der Waals surface area contributed by atoms with Crippen LogP contribution in [0.3, 0.4) is 0 Å². The molecule has 15 heavy (non-hydrogen) atoms. The number of ether oxygens (including phenoxy) is 1. The van der Waals surface area contributed by atoms with Gasteiger partial charge < -0.3 is 10.1 Å². The number of nitrogens with zero attached hydrogens (tertiary/aromatic N) is 2. The molecule has 1 aromatic heterocycles. The van der Waals surface area contributed by atoms with E-state index in [9.17, 15) is 0 Å². The van der Waals surface area contributed by atoms with Crippen LogP contribution in [0.1, 0.15) is 0 Å².